The van der Waals surface area contributed by atoms with Crippen LogP contribution in [0.3, 0.4) is 0 Å². The Balaban J connectivity index is 1.18. The van der Waals surface area contributed by atoms with Gasteiger partial charge in [0.05, 0.1) is 17.5 Å². The predicted molar refractivity (Wildman–Crippen MR) is 211 cm³/mol. The molecule has 1 spiro atoms. The van der Waals surface area contributed by atoms with Crippen molar-refractivity contribution in [1.82, 2.24) is 14.5 Å². The quantitative estimate of drug-likeness (QED) is 0.359. The molecular formula is C42H56ClFN4O5S. The first-order chi connectivity index (χ1) is 25.9. The highest BCUT2D eigenvalue weighted by atomic mass is 35.5. The van der Waals surface area contributed by atoms with Crippen LogP contribution in [0.15, 0.2) is 48.6 Å². The summed E-state index contributed by atoms with van der Waals surface area (Å²) in [7, 11) is -2.16. The van der Waals surface area contributed by atoms with E-state index in [1.165, 1.54) is 11.1 Å². The number of methoxy groups -OCH3 is 1. The third-order valence-electron chi connectivity index (χ3n) is 14.0. The van der Waals surface area contributed by atoms with Gasteiger partial charge in [-0.05, 0) is 118 Å². The number of allylic oxidation sites excluding steroid dienone is 1. The van der Waals surface area contributed by atoms with Crippen molar-refractivity contribution in [2.24, 2.45) is 17.8 Å². The first kappa shape index (κ1) is 38.2. The molecule has 2 aromatic carbocycles. The van der Waals surface area contributed by atoms with Crippen molar-refractivity contribution < 1.29 is 27.1 Å². The molecule has 6 aliphatic rings. The Labute approximate surface area is 325 Å². The first-order valence-electron chi connectivity index (χ1n) is 20.1. The number of ether oxygens (including phenoxy) is 2. The number of piperazine rings is 1. The standard InChI is InChI=1S/C42H56ClFN4O5S/c1-28-6-4-16-42(52-3,26-46-18-19-47-17-14-34(44)22-35(47)24-46)37-11-8-32(37)23-48-25-41(15-5-7-30-20-33(43)10-12-36(30)41)27-53-39-13-9-31(21-38(39)48)40(49)45-54(50,51)29(28)2/h4,9-10,12-13,16,20-21,28-29,32,34-35,37H,5-8,11,14-15,17-19,22-27H2,1-3H3,(H,45,49)/b16-4+/t28-,29+,32-,34-,35-,37+,41-,42+/m0/s1. The molecule has 4 aliphatic heterocycles. The van der Waals surface area contributed by atoms with Gasteiger partial charge in [-0.2, -0.15) is 0 Å². The number of rotatable bonds is 3. The van der Waals surface area contributed by atoms with Gasteiger partial charge in [0, 0.05) is 75.0 Å². The van der Waals surface area contributed by atoms with Gasteiger partial charge >= 0.3 is 0 Å². The molecule has 54 heavy (non-hydrogen) atoms. The fourth-order valence-corrected chi connectivity index (χ4v) is 12.0. The minimum absolute atomic E-state index is 0.203. The number of aryl methyl sites for hydroxylation is 1. The summed E-state index contributed by atoms with van der Waals surface area (Å²) in [6.45, 7) is 9.68. The third kappa shape index (κ3) is 7.21. The number of hydrogen-bond donors (Lipinski definition) is 1. The van der Waals surface area contributed by atoms with E-state index < -0.39 is 33.0 Å². The lowest BCUT2D eigenvalue weighted by Crippen LogP contribution is -2.62. The monoisotopic (exact) mass is 782 g/mol. The molecule has 0 unspecified atom stereocenters. The largest absolute Gasteiger partial charge is 0.490 e. The number of amides is 1. The fourth-order valence-electron chi connectivity index (χ4n) is 10.5. The average Bonchev–Trinajstić information content (AvgIpc) is 3.28. The van der Waals surface area contributed by atoms with Crippen molar-refractivity contribution >= 4 is 33.2 Å². The Morgan fingerprint density at radius 1 is 1.07 bits per heavy atom. The molecular weight excluding hydrogens is 727 g/mol. The van der Waals surface area contributed by atoms with Crippen molar-refractivity contribution in [2.75, 3.05) is 64.4 Å². The van der Waals surface area contributed by atoms with Crippen molar-refractivity contribution in [2.45, 2.75) is 93.7 Å². The highest BCUT2D eigenvalue weighted by Crippen LogP contribution is 2.49. The number of halogens is 2. The highest BCUT2D eigenvalue weighted by Gasteiger charge is 2.50. The Morgan fingerprint density at radius 2 is 1.93 bits per heavy atom. The number of nitrogens with zero attached hydrogens (tertiary/aromatic N) is 3. The number of carbonyl (C=O) groups is 1. The molecule has 9 nitrogen and oxygen atoms in total. The van der Waals surface area contributed by atoms with Gasteiger partial charge in [-0.1, -0.05) is 36.7 Å². The minimum Gasteiger partial charge on any atom is -0.490 e. The number of alkyl halides is 1. The molecule has 1 N–H and O–H groups in total. The minimum atomic E-state index is -3.98. The average molecular weight is 783 g/mol. The molecule has 2 bridgehead atoms. The van der Waals surface area contributed by atoms with E-state index in [-0.39, 0.29) is 23.3 Å². The summed E-state index contributed by atoms with van der Waals surface area (Å²) in [5, 5.41) is -0.0699. The van der Waals surface area contributed by atoms with Crippen molar-refractivity contribution in [3.8, 4) is 5.75 Å². The van der Waals surface area contributed by atoms with Crippen LogP contribution in [-0.2, 0) is 26.6 Å². The van der Waals surface area contributed by atoms with Gasteiger partial charge < -0.3 is 14.4 Å². The Morgan fingerprint density at radius 3 is 2.72 bits per heavy atom. The topological polar surface area (TPSA) is 91.4 Å². The predicted octanol–water partition coefficient (Wildman–Crippen LogP) is 6.39. The molecule has 8 atom stereocenters. The third-order valence-corrected chi connectivity index (χ3v) is 16.2. The van der Waals surface area contributed by atoms with E-state index in [9.17, 15) is 17.6 Å². The zero-order valence-corrected chi connectivity index (χ0v) is 33.5. The van der Waals surface area contributed by atoms with E-state index in [1.807, 2.05) is 32.2 Å². The maximum atomic E-state index is 14.6. The number of benzene rings is 2. The van der Waals surface area contributed by atoms with Gasteiger partial charge in [0.15, 0.2) is 0 Å². The van der Waals surface area contributed by atoms with Crippen LogP contribution in [0.5, 0.6) is 5.75 Å². The smallest absolute Gasteiger partial charge is 0.264 e. The molecule has 2 saturated heterocycles. The lowest BCUT2D eigenvalue weighted by atomic mass is 9.63. The highest BCUT2D eigenvalue weighted by molar-refractivity contribution is 7.90. The number of sulfonamides is 1. The molecule has 4 heterocycles. The Kier molecular flexibility index (Phi) is 10.6. The van der Waals surface area contributed by atoms with Gasteiger partial charge in [-0.15, -0.1) is 0 Å². The number of piperidine rings is 1. The number of fused-ring (bicyclic) bond motifs is 5. The molecule has 12 heteroatoms. The van der Waals surface area contributed by atoms with Crippen LogP contribution >= 0.6 is 11.6 Å². The molecule has 294 valence electrons. The Hall–Kier alpha value is -2.70. The normalized spacial score (nSPS) is 36.4. The summed E-state index contributed by atoms with van der Waals surface area (Å²) in [4.78, 5) is 21.0. The summed E-state index contributed by atoms with van der Waals surface area (Å²) in [6, 6.07) is 11.8. The molecule has 1 saturated carbocycles. The van der Waals surface area contributed by atoms with Gasteiger partial charge in [-0.3, -0.25) is 14.6 Å². The molecule has 3 fully saturated rings. The second-order valence-corrected chi connectivity index (χ2v) is 19.7. The van der Waals surface area contributed by atoms with Crippen molar-refractivity contribution in [1.29, 1.82) is 0 Å². The van der Waals surface area contributed by atoms with Gasteiger partial charge in [-0.25, -0.2) is 17.5 Å². The summed E-state index contributed by atoms with van der Waals surface area (Å²) in [5.41, 5.74) is 2.72. The van der Waals surface area contributed by atoms with E-state index in [0.29, 0.717) is 56.2 Å². The second-order valence-electron chi connectivity index (χ2n) is 17.2. The van der Waals surface area contributed by atoms with Crippen LogP contribution in [-0.4, -0.2) is 107 Å². The maximum absolute atomic E-state index is 14.6. The van der Waals surface area contributed by atoms with E-state index in [4.69, 9.17) is 21.1 Å². The second kappa shape index (κ2) is 15.0. The lowest BCUT2D eigenvalue weighted by molar-refractivity contribution is -0.101. The first-order valence-corrected chi connectivity index (χ1v) is 22.0. The van der Waals surface area contributed by atoms with Crippen LogP contribution < -0.4 is 14.4 Å². The molecule has 2 aromatic rings. The molecule has 0 radical (unpaired) electrons. The SMILES string of the molecule is CO[C@@]1(CN2CCN3CC[C@H](F)C[C@H]3C2)/C=C/C[C@H](C)[C@@H](C)S(=O)(=O)NC(=O)c2ccc3c(c2)N(C[C@@H]2CC[C@H]21)C[C@@]1(CCCc2cc(Cl)ccc21)CO3. The van der Waals surface area contributed by atoms with Crippen LogP contribution in [0.4, 0.5) is 10.1 Å². The van der Waals surface area contributed by atoms with Crippen LogP contribution in [0, 0.1) is 17.8 Å². The van der Waals surface area contributed by atoms with Crippen molar-refractivity contribution in [3.63, 3.8) is 0 Å². The molecule has 2 aliphatic carbocycles. The zero-order valence-electron chi connectivity index (χ0n) is 31.9. The molecule has 1 amide bonds. The molecule has 8 rings (SSSR count). The van der Waals surface area contributed by atoms with Crippen molar-refractivity contribution in [3.05, 3.63) is 70.3 Å². The number of carbonyl (C=O) groups excluding carboxylic acids is 1. The van der Waals surface area contributed by atoms with Crippen LogP contribution in [0.2, 0.25) is 5.02 Å². The number of hydrogen-bond acceptors (Lipinski definition) is 8. The number of anilines is 1. The Bertz CT molecular complexity index is 1880. The summed E-state index contributed by atoms with van der Waals surface area (Å²) in [6.07, 6.45) is 10.3. The summed E-state index contributed by atoms with van der Waals surface area (Å²) < 4.78 is 57.6. The lowest BCUT2D eigenvalue weighted by Gasteiger charge is -2.53. The van der Waals surface area contributed by atoms with Gasteiger partial charge in [0.2, 0.25) is 10.0 Å². The van der Waals surface area contributed by atoms with E-state index in [1.54, 1.807) is 13.0 Å². The number of nitrogens with one attached hydrogen (secondary N) is 1. The summed E-state index contributed by atoms with van der Waals surface area (Å²) >= 11 is 6.50. The fraction of sp³-hybridized carbons (Fsp3) is 0.643. The zero-order chi connectivity index (χ0) is 37.8. The van der Waals surface area contributed by atoms with E-state index in [0.717, 1.165) is 75.5 Å². The van der Waals surface area contributed by atoms with Gasteiger partial charge in [0.1, 0.15) is 17.5 Å². The maximum Gasteiger partial charge on any atom is 0.264 e. The van der Waals surface area contributed by atoms with Gasteiger partial charge in [0.25, 0.3) is 5.91 Å². The molecule has 0 aromatic heterocycles. The van der Waals surface area contributed by atoms with Crippen LogP contribution in [0.25, 0.3) is 0 Å². The van der Waals surface area contributed by atoms with E-state index >= 15 is 0 Å². The van der Waals surface area contributed by atoms with E-state index in [2.05, 4.69) is 43.7 Å². The van der Waals surface area contributed by atoms with Crippen LogP contribution in [0.1, 0.15) is 80.3 Å². The summed E-state index contributed by atoms with van der Waals surface area (Å²) in [5.74, 6) is 0.306.